The minimum absolute atomic E-state index is 1.25. The van der Waals surface area contributed by atoms with E-state index in [1.54, 1.807) is 0 Å². The van der Waals surface area contributed by atoms with Crippen molar-refractivity contribution in [1.82, 2.24) is 4.98 Å². The standard InChI is InChI=1S/C20H13NS/c1-2-6-14-11-15(10-9-13(14)5-1)17-12-21-19-16-7-3-4-8-18(16)22-20(17)19/h1-12,21H. The molecule has 0 aliphatic heterocycles. The first-order chi connectivity index (χ1) is 10.9. The van der Waals surface area contributed by atoms with Crippen LogP contribution in [0.1, 0.15) is 0 Å². The van der Waals surface area contributed by atoms with Crippen molar-refractivity contribution in [2.24, 2.45) is 0 Å². The second-order valence-electron chi connectivity index (χ2n) is 5.57. The van der Waals surface area contributed by atoms with Gasteiger partial charge in [0.15, 0.2) is 0 Å². The van der Waals surface area contributed by atoms with Crippen LogP contribution in [0.4, 0.5) is 0 Å². The Labute approximate surface area is 131 Å². The fourth-order valence-electron chi connectivity index (χ4n) is 3.16. The van der Waals surface area contributed by atoms with Crippen molar-refractivity contribution < 1.29 is 0 Å². The minimum Gasteiger partial charge on any atom is -0.359 e. The summed E-state index contributed by atoms with van der Waals surface area (Å²) in [4.78, 5) is 3.47. The molecule has 0 fully saturated rings. The molecule has 0 radical (unpaired) electrons. The molecular weight excluding hydrogens is 286 g/mol. The Morgan fingerprint density at radius 2 is 1.59 bits per heavy atom. The van der Waals surface area contributed by atoms with E-state index in [4.69, 9.17) is 0 Å². The number of hydrogen-bond donors (Lipinski definition) is 1. The fourth-order valence-corrected chi connectivity index (χ4v) is 4.36. The van der Waals surface area contributed by atoms with E-state index < -0.39 is 0 Å². The number of thiophene rings is 1. The van der Waals surface area contributed by atoms with Gasteiger partial charge >= 0.3 is 0 Å². The summed E-state index contributed by atoms with van der Waals surface area (Å²) in [5.74, 6) is 0. The van der Waals surface area contributed by atoms with Gasteiger partial charge in [-0.05, 0) is 28.5 Å². The van der Waals surface area contributed by atoms with E-state index in [2.05, 4.69) is 77.9 Å². The van der Waals surface area contributed by atoms with Crippen LogP contribution >= 0.6 is 11.3 Å². The molecule has 1 nitrogen and oxygen atoms in total. The molecule has 2 aromatic heterocycles. The lowest BCUT2D eigenvalue weighted by atomic mass is 10.0. The minimum atomic E-state index is 1.25. The molecule has 0 saturated carbocycles. The quantitative estimate of drug-likeness (QED) is 0.379. The smallest absolute Gasteiger partial charge is 0.0650 e. The molecule has 3 aromatic carbocycles. The van der Waals surface area contributed by atoms with Crippen LogP contribution in [-0.4, -0.2) is 4.98 Å². The Balaban J connectivity index is 1.81. The molecule has 2 heterocycles. The number of rotatable bonds is 1. The number of aromatic nitrogens is 1. The van der Waals surface area contributed by atoms with E-state index in [0.717, 1.165) is 0 Å². The molecule has 0 amide bonds. The van der Waals surface area contributed by atoms with Crippen molar-refractivity contribution in [1.29, 1.82) is 0 Å². The van der Waals surface area contributed by atoms with Gasteiger partial charge in [-0.3, -0.25) is 0 Å². The van der Waals surface area contributed by atoms with Gasteiger partial charge in [0.25, 0.3) is 0 Å². The van der Waals surface area contributed by atoms with Crippen LogP contribution < -0.4 is 0 Å². The summed E-state index contributed by atoms with van der Waals surface area (Å²) in [6, 6.07) is 23.8. The molecule has 0 spiro atoms. The maximum Gasteiger partial charge on any atom is 0.0650 e. The normalized spacial score (nSPS) is 11.6. The van der Waals surface area contributed by atoms with Crippen LogP contribution in [0.3, 0.4) is 0 Å². The summed E-state index contributed by atoms with van der Waals surface area (Å²) < 4.78 is 2.68. The zero-order valence-corrected chi connectivity index (χ0v) is 12.7. The summed E-state index contributed by atoms with van der Waals surface area (Å²) in [5.41, 5.74) is 3.82. The zero-order chi connectivity index (χ0) is 14.5. The van der Waals surface area contributed by atoms with Crippen molar-refractivity contribution in [3.63, 3.8) is 0 Å². The van der Waals surface area contributed by atoms with Crippen LogP contribution in [0.15, 0.2) is 72.9 Å². The van der Waals surface area contributed by atoms with Crippen molar-refractivity contribution in [2.45, 2.75) is 0 Å². The first-order valence-corrected chi connectivity index (χ1v) is 8.19. The molecule has 0 aliphatic rings. The van der Waals surface area contributed by atoms with Gasteiger partial charge in [0, 0.05) is 21.8 Å². The van der Waals surface area contributed by atoms with E-state index in [1.165, 1.54) is 42.2 Å². The third-order valence-electron chi connectivity index (χ3n) is 4.26. The highest BCUT2D eigenvalue weighted by atomic mass is 32.1. The molecule has 5 rings (SSSR count). The first-order valence-electron chi connectivity index (χ1n) is 7.38. The molecule has 5 aromatic rings. The average Bonchev–Trinajstić information content (AvgIpc) is 3.13. The van der Waals surface area contributed by atoms with E-state index in [0.29, 0.717) is 0 Å². The molecule has 104 valence electrons. The van der Waals surface area contributed by atoms with Crippen LogP contribution in [0, 0.1) is 0 Å². The molecule has 0 aliphatic carbocycles. The number of nitrogens with one attached hydrogen (secondary N) is 1. The molecule has 22 heavy (non-hydrogen) atoms. The van der Waals surface area contributed by atoms with Gasteiger partial charge in [-0.1, -0.05) is 54.6 Å². The zero-order valence-electron chi connectivity index (χ0n) is 11.8. The Hall–Kier alpha value is -2.58. The van der Waals surface area contributed by atoms with Gasteiger partial charge in [0.1, 0.15) is 0 Å². The van der Waals surface area contributed by atoms with Gasteiger partial charge in [0.05, 0.1) is 10.2 Å². The molecule has 0 atom stereocenters. The summed E-state index contributed by atoms with van der Waals surface area (Å²) >= 11 is 1.86. The fraction of sp³-hybridized carbons (Fsp3) is 0. The number of hydrogen-bond acceptors (Lipinski definition) is 1. The summed E-state index contributed by atoms with van der Waals surface area (Å²) in [6.07, 6.45) is 2.14. The van der Waals surface area contributed by atoms with E-state index in [9.17, 15) is 0 Å². The predicted molar refractivity (Wildman–Crippen MR) is 96.6 cm³/mol. The van der Waals surface area contributed by atoms with Gasteiger partial charge < -0.3 is 4.98 Å². The van der Waals surface area contributed by atoms with E-state index in [-0.39, 0.29) is 0 Å². The SMILES string of the molecule is c1ccc2cc(-c3c[nH]c4c3sc3ccccc34)ccc2c1. The summed E-state index contributed by atoms with van der Waals surface area (Å²) in [6.45, 7) is 0. The van der Waals surface area contributed by atoms with Crippen molar-refractivity contribution in [3.8, 4) is 11.1 Å². The van der Waals surface area contributed by atoms with Crippen molar-refractivity contribution in [2.75, 3.05) is 0 Å². The lowest BCUT2D eigenvalue weighted by Crippen LogP contribution is -1.76. The highest BCUT2D eigenvalue weighted by molar-refractivity contribution is 7.26. The average molecular weight is 299 g/mol. The third-order valence-corrected chi connectivity index (χ3v) is 5.47. The highest BCUT2D eigenvalue weighted by Crippen LogP contribution is 2.40. The Morgan fingerprint density at radius 1 is 0.773 bits per heavy atom. The molecule has 0 unspecified atom stereocenters. The van der Waals surface area contributed by atoms with Gasteiger partial charge in [-0.15, -0.1) is 11.3 Å². The number of aromatic amines is 1. The van der Waals surface area contributed by atoms with Gasteiger partial charge in [-0.2, -0.15) is 0 Å². The number of H-pyrrole nitrogens is 1. The van der Waals surface area contributed by atoms with Gasteiger partial charge in [0.2, 0.25) is 0 Å². The maximum atomic E-state index is 3.47. The Bertz CT molecular complexity index is 1130. The van der Waals surface area contributed by atoms with E-state index in [1.807, 2.05) is 11.3 Å². The molecule has 0 saturated heterocycles. The van der Waals surface area contributed by atoms with Crippen molar-refractivity contribution in [3.05, 3.63) is 72.9 Å². The summed E-state index contributed by atoms with van der Waals surface area (Å²) in [5, 5.41) is 3.89. The second kappa shape index (κ2) is 4.46. The third kappa shape index (κ3) is 1.65. The Kier molecular flexibility index (Phi) is 2.43. The lowest BCUT2D eigenvalue weighted by Gasteiger charge is -2.02. The van der Waals surface area contributed by atoms with Crippen LogP contribution in [0.2, 0.25) is 0 Å². The van der Waals surface area contributed by atoms with Crippen LogP contribution in [-0.2, 0) is 0 Å². The number of benzene rings is 3. The second-order valence-corrected chi connectivity index (χ2v) is 6.62. The van der Waals surface area contributed by atoms with Crippen LogP contribution in [0.5, 0.6) is 0 Å². The van der Waals surface area contributed by atoms with Crippen molar-refractivity contribution >= 4 is 42.4 Å². The molecular formula is C20H13NS. The summed E-state index contributed by atoms with van der Waals surface area (Å²) in [7, 11) is 0. The first kappa shape index (κ1) is 12.0. The largest absolute Gasteiger partial charge is 0.359 e. The number of fused-ring (bicyclic) bond motifs is 4. The van der Waals surface area contributed by atoms with E-state index >= 15 is 0 Å². The highest BCUT2D eigenvalue weighted by Gasteiger charge is 2.12. The monoisotopic (exact) mass is 299 g/mol. The maximum absolute atomic E-state index is 3.47. The lowest BCUT2D eigenvalue weighted by molar-refractivity contribution is 1.49. The molecule has 2 heteroatoms. The van der Waals surface area contributed by atoms with Crippen LogP contribution in [0.25, 0.3) is 42.2 Å². The predicted octanol–water partition coefficient (Wildman–Crippen LogP) is 6.20. The Morgan fingerprint density at radius 3 is 2.55 bits per heavy atom. The molecule has 0 bridgehead atoms. The van der Waals surface area contributed by atoms with Gasteiger partial charge in [-0.25, -0.2) is 0 Å². The topological polar surface area (TPSA) is 15.8 Å². The molecule has 1 N–H and O–H groups in total.